The van der Waals surface area contributed by atoms with Crippen LogP contribution in [0, 0.1) is 5.92 Å². The summed E-state index contributed by atoms with van der Waals surface area (Å²) in [6.45, 7) is 15.1. The van der Waals surface area contributed by atoms with Crippen molar-refractivity contribution in [2.75, 3.05) is 6.61 Å². The summed E-state index contributed by atoms with van der Waals surface area (Å²) in [5.74, 6) is -0.626. The van der Waals surface area contributed by atoms with Crippen LogP contribution in [-0.2, 0) is 20.4 Å². The average Bonchev–Trinajstić information content (AvgIpc) is 3.05. The van der Waals surface area contributed by atoms with Gasteiger partial charge in [-0.3, -0.25) is 4.79 Å². The van der Waals surface area contributed by atoms with E-state index in [0.717, 1.165) is 12.0 Å². The number of ether oxygens (including phenoxy) is 1. The minimum Gasteiger partial charge on any atom is -0.447 e. The van der Waals surface area contributed by atoms with Crippen LogP contribution in [0.5, 0.6) is 0 Å². The lowest BCUT2D eigenvalue weighted by Gasteiger charge is -2.41. The van der Waals surface area contributed by atoms with E-state index in [1.165, 1.54) is 4.90 Å². The van der Waals surface area contributed by atoms with Crippen LogP contribution in [0.2, 0.25) is 18.1 Å². The van der Waals surface area contributed by atoms with E-state index in [1.807, 2.05) is 44.2 Å². The Morgan fingerprint density at radius 1 is 1.29 bits per heavy atom. The van der Waals surface area contributed by atoms with Gasteiger partial charge in [-0.15, -0.1) is 0 Å². The number of carbonyl (C=O) groups is 2. The molecule has 0 spiro atoms. The van der Waals surface area contributed by atoms with Crippen molar-refractivity contribution in [2.24, 2.45) is 5.92 Å². The molecule has 7 heteroatoms. The SMILES string of the molecule is CC[C@@H](O[Si](C)(C)C(C)(C)C)[C@H](C)[C@H](O)CC(=O)N1C(=O)OC[C@@H]1Cc1ccccc1. The van der Waals surface area contributed by atoms with Crippen LogP contribution in [0.4, 0.5) is 4.79 Å². The summed E-state index contributed by atoms with van der Waals surface area (Å²) < 4.78 is 11.7. The molecule has 0 aliphatic carbocycles. The summed E-state index contributed by atoms with van der Waals surface area (Å²) >= 11 is 0. The molecule has 0 aromatic heterocycles. The number of aliphatic hydroxyl groups is 1. The fourth-order valence-electron chi connectivity index (χ4n) is 3.63. The van der Waals surface area contributed by atoms with Crippen LogP contribution in [0.15, 0.2) is 30.3 Å². The van der Waals surface area contributed by atoms with Crippen LogP contribution < -0.4 is 0 Å². The molecule has 0 unspecified atom stereocenters. The number of hydrogen-bond donors (Lipinski definition) is 1. The Morgan fingerprint density at radius 3 is 2.45 bits per heavy atom. The number of carbonyl (C=O) groups excluding carboxylic acids is 2. The zero-order chi connectivity index (χ0) is 23.4. The summed E-state index contributed by atoms with van der Waals surface area (Å²) in [6, 6.07) is 9.36. The van der Waals surface area contributed by atoms with Gasteiger partial charge in [-0.1, -0.05) is 65.0 Å². The third kappa shape index (κ3) is 6.40. The van der Waals surface area contributed by atoms with Gasteiger partial charge < -0.3 is 14.3 Å². The zero-order valence-electron chi connectivity index (χ0n) is 20.1. The smallest absolute Gasteiger partial charge is 0.416 e. The molecule has 1 saturated heterocycles. The third-order valence-electron chi connectivity index (χ3n) is 6.78. The predicted octanol–water partition coefficient (Wildman–Crippen LogP) is 4.76. The number of amides is 2. The highest BCUT2D eigenvalue weighted by Gasteiger charge is 2.42. The number of nitrogens with zero attached hydrogens (tertiary/aromatic N) is 1. The number of imide groups is 1. The first-order chi connectivity index (χ1) is 14.4. The quantitative estimate of drug-likeness (QED) is 0.550. The summed E-state index contributed by atoms with van der Waals surface area (Å²) in [5, 5.41) is 10.9. The van der Waals surface area contributed by atoms with Gasteiger partial charge in [0.1, 0.15) is 6.61 Å². The van der Waals surface area contributed by atoms with Crippen LogP contribution in [0.1, 0.15) is 53.0 Å². The van der Waals surface area contributed by atoms with Gasteiger partial charge in [-0.2, -0.15) is 0 Å². The monoisotopic (exact) mass is 449 g/mol. The first kappa shape index (κ1) is 25.6. The lowest BCUT2D eigenvalue weighted by Crippen LogP contribution is -2.48. The third-order valence-corrected chi connectivity index (χ3v) is 11.3. The molecule has 1 fully saturated rings. The first-order valence-electron chi connectivity index (χ1n) is 11.3. The van der Waals surface area contributed by atoms with E-state index in [1.54, 1.807) is 0 Å². The van der Waals surface area contributed by atoms with Gasteiger partial charge in [0, 0.05) is 12.0 Å². The molecule has 6 nitrogen and oxygen atoms in total. The van der Waals surface area contributed by atoms with Gasteiger partial charge in [0.25, 0.3) is 0 Å². The molecule has 1 aromatic carbocycles. The largest absolute Gasteiger partial charge is 0.447 e. The maximum atomic E-state index is 13.0. The molecule has 174 valence electrons. The number of benzene rings is 1. The molecule has 1 aliphatic heterocycles. The second kappa shape index (κ2) is 10.3. The number of cyclic esters (lactones) is 1. The molecular weight excluding hydrogens is 410 g/mol. The molecule has 2 rings (SSSR count). The van der Waals surface area contributed by atoms with E-state index in [-0.39, 0.29) is 36.1 Å². The first-order valence-corrected chi connectivity index (χ1v) is 14.2. The molecule has 2 amide bonds. The van der Waals surface area contributed by atoms with Crippen molar-refractivity contribution in [1.29, 1.82) is 0 Å². The summed E-state index contributed by atoms with van der Waals surface area (Å²) in [6.07, 6.45) is -0.506. The highest BCUT2D eigenvalue weighted by atomic mass is 28.4. The average molecular weight is 450 g/mol. The van der Waals surface area contributed by atoms with E-state index in [4.69, 9.17) is 9.16 Å². The van der Waals surface area contributed by atoms with Crippen molar-refractivity contribution in [2.45, 2.75) is 90.3 Å². The molecule has 1 N–H and O–H groups in total. The number of rotatable bonds is 9. The van der Waals surface area contributed by atoms with E-state index in [0.29, 0.717) is 6.42 Å². The Kier molecular flexibility index (Phi) is 8.47. The Labute approximate surface area is 188 Å². The summed E-state index contributed by atoms with van der Waals surface area (Å²) in [4.78, 5) is 26.4. The lowest BCUT2D eigenvalue weighted by atomic mass is 9.93. The number of hydrogen-bond acceptors (Lipinski definition) is 5. The van der Waals surface area contributed by atoms with Crippen molar-refractivity contribution in [1.82, 2.24) is 4.90 Å². The fourth-order valence-corrected chi connectivity index (χ4v) is 5.12. The van der Waals surface area contributed by atoms with Gasteiger partial charge in [0.2, 0.25) is 5.91 Å². The molecule has 0 saturated carbocycles. The van der Waals surface area contributed by atoms with Crippen LogP contribution in [-0.4, -0.2) is 55.2 Å². The minimum absolute atomic E-state index is 0.0604. The van der Waals surface area contributed by atoms with E-state index < -0.39 is 26.4 Å². The van der Waals surface area contributed by atoms with Gasteiger partial charge in [0.15, 0.2) is 8.32 Å². The van der Waals surface area contributed by atoms with Gasteiger partial charge >= 0.3 is 6.09 Å². The van der Waals surface area contributed by atoms with Crippen molar-refractivity contribution in [3.63, 3.8) is 0 Å². The van der Waals surface area contributed by atoms with E-state index in [2.05, 4.69) is 33.9 Å². The minimum atomic E-state index is -2.01. The molecule has 1 aliphatic rings. The lowest BCUT2D eigenvalue weighted by molar-refractivity contribution is -0.132. The van der Waals surface area contributed by atoms with Gasteiger partial charge in [0.05, 0.1) is 18.6 Å². The standard InChI is InChI=1S/C24H39NO5Si/c1-8-21(30-31(6,7)24(3,4)5)17(2)20(26)15-22(27)25-19(16-29-23(25)28)14-18-12-10-9-11-13-18/h9-13,17,19-21,26H,8,14-16H2,1-7H3/t17-,19+,20-,21-/m1/s1. The maximum absolute atomic E-state index is 13.0. The van der Waals surface area contributed by atoms with Crippen molar-refractivity contribution in [3.8, 4) is 0 Å². The normalized spacial score (nSPS) is 20.3. The van der Waals surface area contributed by atoms with Crippen LogP contribution in [0.25, 0.3) is 0 Å². The molecule has 4 atom stereocenters. The summed E-state index contributed by atoms with van der Waals surface area (Å²) in [7, 11) is -2.01. The Bertz CT molecular complexity index is 746. The molecule has 0 radical (unpaired) electrons. The highest BCUT2D eigenvalue weighted by Crippen LogP contribution is 2.39. The molecule has 1 aromatic rings. The Hall–Kier alpha value is -1.70. The Morgan fingerprint density at radius 2 is 1.90 bits per heavy atom. The topological polar surface area (TPSA) is 76.1 Å². The second-order valence-corrected chi connectivity index (χ2v) is 14.9. The number of aliphatic hydroxyl groups excluding tert-OH is 1. The molecular formula is C24H39NO5Si. The van der Waals surface area contributed by atoms with Crippen LogP contribution >= 0.6 is 0 Å². The maximum Gasteiger partial charge on any atom is 0.416 e. The van der Waals surface area contributed by atoms with Gasteiger partial charge in [-0.05, 0) is 36.5 Å². The fraction of sp³-hybridized carbons (Fsp3) is 0.667. The van der Waals surface area contributed by atoms with Gasteiger partial charge in [-0.25, -0.2) is 9.69 Å². The van der Waals surface area contributed by atoms with Crippen molar-refractivity contribution >= 4 is 20.3 Å². The van der Waals surface area contributed by atoms with Crippen molar-refractivity contribution in [3.05, 3.63) is 35.9 Å². The summed E-state index contributed by atoms with van der Waals surface area (Å²) in [5.41, 5.74) is 1.03. The highest BCUT2D eigenvalue weighted by molar-refractivity contribution is 6.74. The zero-order valence-corrected chi connectivity index (χ0v) is 21.1. The predicted molar refractivity (Wildman–Crippen MR) is 124 cm³/mol. The van der Waals surface area contributed by atoms with E-state index >= 15 is 0 Å². The molecule has 1 heterocycles. The second-order valence-electron chi connectivity index (χ2n) is 10.1. The van der Waals surface area contributed by atoms with E-state index in [9.17, 15) is 14.7 Å². The van der Waals surface area contributed by atoms with Crippen LogP contribution in [0.3, 0.4) is 0 Å². The molecule has 0 bridgehead atoms. The Balaban J connectivity index is 2.04. The molecule has 31 heavy (non-hydrogen) atoms. The van der Waals surface area contributed by atoms with Crippen molar-refractivity contribution < 1.29 is 23.9 Å².